The maximum Gasteiger partial charge on any atom is 0.313 e. The molecule has 102 valence electrons. The summed E-state index contributed by atoms with van der Waals surface area (Å²) in [4.78, 5) is 10.6. The highest BCUT2D eigenvalue weighted by atomic mass is 32.2. The standard InChI is InChI=1S/C10H14N6O2S/c1-2-8-12-13-10(19-7-9(17)18)16(8)6-5-15-4-3-11-14-15/h3-4H,2,5-7H2,1H3,(H,17,18). The van der Waals surface area contributed by atoms with Gasteiger partial charge in [0.15, 0.2) is 5.16 Å². The summed E-state index contributed by atoms with van der Waals surface area (Å²) >= 11 is 1.17. The van der Waals surface area contributed by atoms with E-state index in [9.17, 15) is 4.79 Å². The minimum absolute atomic E-state index is 0.0226. The Labute approximate surface area is 113 Å². The molecule has 0 aromatic carbocycles. The number of aromatic nitrogens is 6. The lowest BCUT2D eigenvalue weighted by atomic mass is 10.4. The number of carboxylic acids is 1. The zero-order chi connectivity index (χ0) is 13.7. The van der Waals surface area contributed by atoms with Gasteiger partial charge < -0.3 is 9.67 Å². The van der Waals surface area contributed by atoms with Gasteiger partial charge in [-0.15, -0.1) is 15.3 Å². The minimum Gasteiger partial charge on any atom is -0.481 e. The van der Waals surface area contributed by atoms with Gasteiger partial charge in [-0.2, -0.15) is 0 Å². The van der Waals surface area contributed by atoms with Crippen LogP contribution < -0.4 is 0 Å². The summed E-state index contributed by atoms with van der Waals surface area (Å²) < 4.78 is 3.64. The van der Waals surface area contributed by atoms with E-state index in [1.54, 1.807) is 17.1 Å². The summed E-state index contributed by atoms with van der Waals surface area (Å²) in [5, 5.41) is 25.0. The monoisotopic (exact) mass is 282 g/mol. The van der Waals surface area contributed by atoms with E-state index in [0.29, 0.717) is 18.2 Å². The molecule has 19 heavy (non-hydrogen) atoms. The lowest BCUT2D eigenvalue weighted by Crippen LogP contribution is -2.12. The van der Waals surface area contributed by atoms with Crippen LogP contribution in [0.5, 0.6) is 0 Å². The van der Waals surface area contributed by atoms with Crippen LogP contribution in [0.4, 0.5) is 0 Å². The minimum atomic E-state index is -0.867. The Balaban J connectivity index is 2.07. The highest BCUT2D eigenvalue weighted by Crippen LogP contribution is 2.17. The molecule has 8 nitrogen and oxygen atoms in total. The van der Waals surface area contributed by atoms with Gasteiger partial charge in [0, 0.05) is 19.2 Å². The number of nitrogens with zero attached hydrogens (tertiary/aromatic N) is 6. The second-order valence-electron chi connectivity index (χ2n) is 3.75. The van der Waals surface area contributed by atoms with E-state index in [1.807, 2.05) is 11.5 Å². The molecule has 0 atom stereocenters. The Hall–Kier alpha value is -1.90. The van der Waals surface area contributed by atoms with Crippen molar-refractivity contribution >= 4 is 17.7 Å². The fourth-order valence-corrected chi connectivity index (χ4v) is 2.30. The molecule has 2 aromatic heterocycles. The molecule has 0 amide bonds. The van der Waals surface area contributed by atoms with Gasteiger partial charge in [-0.3, -0.25) is 9.48 Å². The highest BCUT2D eigenvalue weighted by Gasteiger charge is 2.12. The lowest BCUT2D eigenvalue weighted by molar-refractivity contribution is -0.133. The Bertz CT molecular complexity index is 538. The molecule has 0 saturated heterocycles. The van der Waals surface area contributed by atoms with Crippen molar-refractivity contribution < 1.29 is 9.90 Å². The number of thioether (sulfide) groups is 1. The van der Waals surface area contributed by atoms with Crippen molar-refractivity contribution in [1.82, 2.24) is 29.8 Å². The topological polar surface area (TPSA) is 98.7 Å². The molecule has 0 fully saturated rings. The average molecular weight is 282 g/mol. The summed E-state index contributed by atoms with van der Waals surface area (Å²) in [7, 11) is 0. The van der Waals surface area contributed by atoms with Gasteiger partial charge in [0.2, 0.25) is 0 Å². The maximum absolute atomic E-state index is 10.6. The average Bonchev–Trinajstić information content (AvgIpc) is 3.02. The third kappa shape index (κ3) is 3.53. The van der Waals surface area contributed by atoms with Gasteiger partial charge in [0.1, 0.15) is 5.82 Å². The number of carbonyl (C=O) groups is 1. The number of rotatable bonds is 7. The van der Waals surface area contributed by atoms with E-state index in [2.05, 4.69) is 20.5 Å². The number of carboxylic acid groups (broad SMARTS) is 1. The van der Waals surface area contributed by atoms with Gasteiger partial charge in [0.05, 0.1) is 18.5 Å². The molecule has 0 bridgehead atoms. The normalized spacial score (nSPS) is 10.8. The quantitative estimate of drug-likeness (QED) is 0.729. The number of aliphatic carboxylic acids is 1. The molecule has 0 saturated carbocycles. The Kier molecular flexibility index (Phi) is 4.50. The summed E-state index contributed by atoms with van der Waals surface area (Å²) in [5.41, 5.74) is 0. The Morgan fingerprint density at radius 1 is 1.42 bits per heavy atom. The molecule has 2 heterocycles. The predicted octanol–water partition coefficient (Wildman–Crippen LogP) is 0.309. The largest absolute Gasteiger partial charge is 0.481 e. The molecule has 9 heteroatoms. The van der Waals surface area contributed by atoms with Crippen molar-refractivity contribution in [1.29, 1.82) is 0 Å². The zero-order valence-corrected chi connectivity index (χ0v) is 11.2. The van der Waals surface area contributed by atoms with Crippen LogP contribution in [0.1, 0.15) is 12.7 Å². The smallest absolute Gasteiger partial charge is 0.313 e. The van der Waals surface area contributed by atoms with Crippen LogP contribution in [0.3, 0.4) is 0 Å². The maximum atomic E-state index is 10.6. The van der Waals surface area contributed by atoms with Gasteiger partial charge >= 0.3 is 5.97 Å². The first kappa shape index (κ1) is 13.5. The lowest BCUT2D eigenvalue weighted by Gasteiger charge is -2.08. The van der Waals surface area contributed by atoms with Crippen LogP contribution in [-0.4, -0.2) is 46.6 Å². The second kappa shape index (κ2) is 6.32. The van der Waals surface area contributed by atoms with Crippen molar-refractivity contribution in [3.63, 3.8) is 0 Å². The second-order valence-corrected chi connectivity index (χ2v) is 4.70. The van der Waals surface area contributed by atoms with E-state index in [4.69, 9.17) is 5.11 Å². The summed E-state index contributed by atoms with van der Waals surface area (Å²) in [5.74, 6) is -0.0487. The molecule has 0 spiro atoms. The third-order valence-electron chi connectivity index (χ3n) is 2.46. The molecular weight excluding hydrogens is 268 g/mol. The highest BCUT2D eigenvalue weighted by molar-refractivity contribution is 7.99. The number of hydrogen-bond donors (Lipinski definition) is 1. The fourth-order valence-electron chi connectivity index (χ4n) is 1.59. The number of hydrogen-bond acceptors (Lipinski definition) is 6. The molecule has 2 rings (SSSR count). The molecule has 0 unspecified atom stereocenters. The predicted molar refractivity (Wildman–Crippen MR) is 67.8 cm³/mol. The van der Waals surface area contributed by atoms with Crippen LogP contribution in [0, 0.1) is 0 Å². The third-order valence-corrected chi connectivity index (χ3v) is 3.41. The van der Waals surface area contributed by atoms with Crippen molar-refractivity contribution in [2.75, 3.05) is 5.75 Å². The van der Waals surface area contributed by atoms with Gasteiger partial charge in [0.25, 0.3) is 0 Å². The Morgan fingerprint density at radius 3 is 2.89 bits per heavy atom. The van der Waals surface area contributed by atoms with Crippen LogP contribution >= 0.6 is 11.8 Å². The molecule has 0 aliphatic carbocycles. The summed E-state index contributed by atoms with van der Waals surface area (Å²) in [6.07, 6.45) is 4.14. The van der Waals surface area contributed by atoms with Gasteiger partial charge in [-0.1, -0.05) is 23.9 Å². The Morgan fingerprint density at radius 2 is 2.26 bits per heavy atom. The summed E-state index contributed by atoms with van der Waals surface area (Å²) in [6.45, 7) is 3.27. The first-order valence-corrected chi connectivity index (χ1v) is 6.80. The van der Waals surface area contributed by atoms with Crippen LogP contribution in [0.2, 0.25) is 0 Å². The molecular formula is C10H14N6O2S. The first-order valence-electron chi connectivity index (χ1n) is 5.81. The summed E-state index contributed by atoms with van der Waals surface area (Å²) in [6, 6.07) is 0. The van der Waals surface area contributed by atoms with Crippen molar-refractivity contribution in [3.8, 4) is 0 Å². The van der Waals surface area contributed by atoms with Crippen molar-refractivity contribution in [3.05, 3.63) is 18.2 Å². The van der Waals surface area contributed by atoms with E-state index in [0.717, 1.165) is 12.2 Å². The van der Waals surface area contributed by atoms with E-state index in [1.165, 1.54) is 11.8 Å². The van der Waals surface area contributed by atoms with E-state index in [-0.39, 0.29) is 5.75 Å². The molecule has 0 radical (unpaired) electrons. The SMILES string of the molecule is CCc1nnc(SCC(=O)O)n1CCn1ccnn1. The molecule has 1 N–H and O–H groups in total. The molecule has 0 aliphatic heterocycles. The molecule has 0 aliphatic rings. The van der Waals surface area contributed by atoms with E-state index < -0.39 is 5.97 Å². The van der Waals surface area contributed by atoms with Gasteiger partial charge in [-0.25, -0.2) is 0 Å². The van der Waals surface area contributed by atoms with Crippen LogP contribution in [0.15, 0.2) is 17.6 Å². The van der Waals surface area contributed by atoms with Gasteiger partial charge in [-0.05, 0) is 0 Å². The van der Waals surface area contributed by atoms with Crippen LogP contribution in [-0.2, 0) is 24.3 Å². The number of aryl methyl sites for hydroxylation is 2. The zero-order valence-electron chi connectivity index (χ0n) is 10.4. The first-order chi connectivity index (χ1) is 9.20. The fraction of sp³-hybridized carbons (Fsp3) is 0.500. The van der Waals surface area contributed by atoms with E-state index >= 15 is 0 Å². The molecule has 2 aromatic rings. The van der Waals surface area contributed by atoms with Crippen molar-refractivity contribution in [2.24, 2.45) is 0 Å². The van der Waals surface area contributed by atoms with Crippen molar-refractivity contribution in [2.45, 2.75) is 31.6 Å². The van der Waals surface area contributed by atoms with Crippen LogP contribution in [0.25, 0.3) is 0 Å².